The number of carbonyl (C=O) groups is 1. The average Bonchev–Trinajstić information content (AvgIpc) is 2.53. The van der Waals surface area contributed by atoms with Crippen LogP contribution >= 0.6 is 0 Å². The van der Waals surface area contributed by atoms with Crippen LogP contribution in [-0.2, 0) is 11.2 Å². The van der Waals surface area contributed by atoms with Gasteiger partial charge in [0, 0.05) is 13.1 Å². The van der Waals surface area contributed by atoms with Gasteiger partial charge in [0.05, 0.1) is 5.92 Å². The molecule has 0 radical (unpaired) electrons. The van der Waals surface area contributed by atoms with E-state index < -0.39 is 0 Å². The van der Waals surface area contributed by atoms with Crippen LogP contribution in [-0.4, -0.2) is 32.1 Å². The normalized spacial score (nSPS) is 21.4. The molecule has 0 unspecified atom stereocenters. The van der Waals surface area contributed by atoms with Crippen molar-refractivity contribution in [1.29, 1.82) is 0 Å². The van der Waals surface area contributed by atoms with Gasteiger partial charge in [0.2, 0.25) is 5.91 Å². The number of para-hydroxylation sites is 1. The van der Waals surface area contributed by atoms with Gasteiger partial charge in [-0.3, -0.25) is 4.79 Å². The van der Waals surface area contributed by atoms with Crippen LogP contribution in [0.25, 0.3) is 0 Å². The van der Waals surface area contributed by atoms with Crippen LogP contribution in [0.1, 0.15) is 12.0 Å². The van der Waals surface area contributed by atoms with E-state index >= 15 is 0 Å². The van der Waals surface area contributed by atoms with Gasteiger partial charge in [-0.25, -0.2) is 0 Å². The predicted octanol–water partition coefficient (Wildman–Crippen LogP) is 1.27. The highest BCUT2D eigenvalue weighted by Gasteiger charge is 2.25. The fourth-order valence-corrected chi connectivity index (χ4v) is 2.67. The zero-order valence-electron chi connectivity index (χ0n) is 11.5. The molecule has 0 saturated carbocycles. The number of hydrogen-bond acceptors (Lipinski definition) is 3. The molecule has 0 bridgehead atoms. The molecule has 2 aliphatic heterocycles. The Morgan fingerprint density at radius 2 is 2.30 bits per heavy atom. The molecular formula is C16H20N2O2. The van der Waals surface area contributed by atoms with E-state index in [9.17, 15) is 4.79 Å². The summed E-state index contributed by atoms with van der Waals surface area (Å²) in [7, 11) is 0. The molecule has 1 amide bonds. The lowest BCUT2D eigenvalue weighted by Gasteiger charge is -2.25. The van der Waals surface area contributed by atoms with Gasteiger partial charge in [-0.1, -0.05) is 29.8 Å². The molecule has 0 aliphatic carbocycles. The van der Waals surface area contributed by atoms with Crippen molar-refractivity contribution in [3.8, 4) is 5.75 Å². The van der Waals surface area contributed by atoms with E-state index in [1.54, 1.807) is 0 Å². The first-order chi connectivity index (χ1) is 9.83. The second-order valence-electron chi connectivity index (χ2n) is 5.35. The molecule has 0 fully saturated rings. The molecule has 4 heteroatoms. The van der Waals surface area contributed by atoms with E-state index in [2.05, 4.69) is 16.7 Å². The van der Waals surface area contributed by atoms with E-state index in [1.807, 2.05) is 24.3 Å². The molecule has 3 rings (SSSR count). The third-order valence-electron chi connectivity index (χ3n) is 3.90. The van der Waals surface area contributed by atoms with Crippen molar-refractivity contribution >= 4 is 5.91 Å². The minimum atomic E-state index is -0.0767. The van der Waals surface area contributed by atoms with Crippen molar-refractivity contribution in [2.75, 3.05) is 26.2 Å². The summed E-state index contributed by atoms with van der Waals surface area (Å²) in [6.07, 6.45) is 3.95. The average molecular weight is 272 g/mol. The van der Waals surface area contributed by atoms with E-state index in [0.717, 1.165) is 37.2 Å². The summed E-state index contributed by atoms with van der Waals surface area (Å²) in [5.74, 6) is 0.934. The van der Waals surface area contributed by atoms with Gasteiger partial charge in [-0.2, -0.15) is 0 Å². The Morgan fingerprint density at radius 3 is 3.15 bits per heavy atom. The molecule has 1 atom stereocenters. The fourth-order valence-electron chi connectivity index (χ4n) is 2.67. The zero-order valence-corrected chi connectivity index (χ0v) is 11.5. The van der Waals surface area contributed by atoms with Crippen molar-refractivity contribution in [3.63, 3.8) is 0 Å². The van der Waals surface area contributed by atoms with Gasteiger partial charge >= 0.3 is 0 Å². The topological polar surface area (TPSA) is 50.4 Å². The first kappa shape index (κ1) is 13.2. The maximum Gasteiger partial charge on any atom is 0.227 e. The number of ether oxygens (including phenoxy) is 1. The van der Waals surface area contributed by atoms with E-state index in [1.165, 1.54) is 5.57 Å². The number of carbonyl (C=O) groups excluding carboxylic acids is 1. The summed E-state index contributed by atoms with van der Waals surface area (Å²) in [5.41, 5.74) is 2.44. The second kappa shape index (κ2) is 6.09. The maximum atomic E-state index is 12.2. The summed E-state index contributed by atoms with van der Waals surface area (Å²) >= 11 is 0. The van der Waals surface area contributed by atoms with Crippen LogP contribution in [0.5, 0.6) is 5.75 Å². The Morgan fingerprint density at radius 1 is 1.40 bits per heavy atom. The van der Waals surface area contributed by atoms with Crippen LogP contribution in [0.15, 0.2) is 35.9 Å². The molecule has 2 heterocycles. The number of nitrogens with one attached hydrogen (secondary N) is 2. The lowest BCUT2D eigenvalue weighted by molar-refractivity contribution is -0.126. The molecular weight excluding hydrogens is 252 g/mol. The maximum absolute atomic E-state index is 12.2. The number of rotatable bonds is 3. The van der Waals surface area contributed by atoms with Gasteiger partial charge in [0.25, 0.3) is 0 Å². The SMILES string of the molecule is O=C(NCC1=CCNCC1)[C@@H]1COc2ccccc2C1. The Balaban J connectivity index is 1.55. The third kappa shape index (κ3) is 3.02. The molecule has 1 aromatic carbocycles. The standard InChI is InChI=1S/C16H20N2O2/c19-16(18-10-12-5-7-17-8-6-12)14-9-13-3-1-2-4-15(13)20-11-14/h1-5,14,17H,6-11H2,(H,18,19)/t14-/m0/s1. The molecule has 4 nitrogen and oxygen atoms in total. The first-order valence-corrected chi connectivity index (χ1v) is 7.20. The van der Waals surface area contributed by atoms with E-state index in [4.69, 9.17) is 4.74 Å². The van der Waals surface area contributed by atoms with E-state index in [-0.39, 0.29) is 11.8 Å². The second-order valence-corrected chi connectivity index (χ2v) is 5.35. The van der Waals surface area contributed by atoms with Crippen molar-refractivity contribution < 1.29 is 9.53 Å². The number of fused-ring (bicyclic) bond motifs is 1. The van der Waals surface area contributed by atoms with E-state index in [0.29, 0.717) is 13.2 Å². The molecule has 2 aliphatic rings. The predicted molar refractivity (Wildman–Crippen MR) is 77.7 cm³/mol. The minimum absolute atomic E-state index is 0.0767. The van der Waals surface area contributed by atoms with Crippen LogP contribution in [0, 0.1) is 5.92 Å². The highest BCUT2D eigenvalue weighted by atomic mass is 16.5. The molecule has 106 valence electrons. The largest absolute Gasteiger partial charge is 0.492 e. The van der Waals surface area contributed by atoms with Gasteiger partial charge in [0.15, 0.2) is 0 Å². The van der Waals surface area contributed by atoms with Crippen LogP contribution in [0.2, 0.25) is 0 Å². The fraction of sp³-hybridized carbons (Fsp3) is 0.438. The van der Waals surface area contributed by atoms with Crippen molar-refractivity contribution in [2.24, 2.45) is 5.92 Å². The number of amides is 1. The van der Waals surface area contributed by atoms with Gasteiger partial charge in [-0.15, -0.1) is 0 Å². The van der Waals surface area contributed by atoms with Crippen LogP contribution in [0.4, 0.5) is 0 Å². The quantitative estimate of drug-likeness (QED) is 0.815. The van der Waals surface area contributed by atoms with Crippen LogP contribution < -0.4 is 15.4 Å². The molecule has 0 aromatic heterocycles. The molecule has 1 aromatic rings. The summed E-state index contributed by atoms with van der Waals surface area (Å²) in [6, 6.07) is 7.94. The lowest BCUT2D eigenvalue weighted by Crippen LogP contribution is -2.38. The van der Waals surface area contributed by atoms with Gasteiger partial charge in [0.1, 0.15) is 12.4 Å². The van der Waals surface area contributed by atoms with Crippen molar-refractivity contribution in [3.05, 3.63) is 41.5 Å². The summed E-state index contributed by atoms with van der Waals surface area (Å²) < 4.78 is 5.66. The molecule has 0 saturated heterocycles. The highest BCUT2D eigenvalue weighted by molar-refractivity contribution is 5.79. The Bertz CT molecular complexity index is 525. The molecule has 20 heavy (non-hydrogen) atoms. The Labute approximate surface area is 119 Å². The van der Waals surface area contributed by atoms with Gasteiger partial charge in [-0.05, 0) is 31.0 Å². The minimum Gasteiger partial charge on any atom is -0.492 e. The van der Waals surface area contributed by atoms with Crippen molar-refractivity contribution in [1.82, 2.24) is 10.6 Å². The third-order valence-corrected chi connectivity index (χ3v) is 3.90. The first-order valence-electron chi connectivity index (χ1n) is 7.20. The molecule has 0 spiro atoms. The zero-order chi connectivity index (χ0) is 13.8. The molecule has 2 N–H and O–H groups in total. The smallest absolute Gasteiger partial charge is 0.227 e. The lowest BCUT2D eigenvalue weighted by atomic mass is 9.96. The van der Waals surface area contributed by atoms with Crippen LogP contribution in [0.3, 0.4) is 0 Å². The summed E-state index contributed by atoms with van der Waals surface area (Å²) in [5, 5.41) is 6.31. The summed E-state index contributed by atoms with van der Waals surface area (Å²) in [4.78, 5) is 12.2. The monoisotopic (exact) mass is 272 g/mol. The highest BCUT2D eigenvalue weighted by Crippen LogP contribution is 2.26. The Kier molecular flexibility index (Phi) is 4.02. The summed E-state index contributed by atoms with van der Waals surface area (Å²) in [6.45, 7) is 3.05. The van der Waals surface area contributed by atoms with Gasteiger partial charge < -0.3 is 15.4 Å². The Hall–Kier alpha value is -1.81. The number of benzene rings is 1. The number of hydrogen-bond donors (Lipinski definition) is 2. The van der Waals surface area contributed by atoms with Crippen molar-refractivity contribution in [2.45, 2.75) is 12.8 Å².